The third-order valence-corrected chi connectivity index (χ3v) is 4.15. The molecule has 1 N–H and O–H groups in total. The molecule has 6 heteroatoms. The molecule has 96 valence electrons. The van der Waals surface area contributed by atoms with Crippen molar-refractivity contribution in [1.82, 2.24) is 10.2 Å². The minimum atomic E-state index is -0.784. The summed E-state index contributed by atoms with van der Waals surface area (Å²) in [7, 11) is 0. The molecule has 0 aromatic rings. The van der Waals surface area contributed by atoms with E-state index in [0.29, 0.717) is 0 Å². The maximum absolute atomic E-state index is 12.2. The van der Waals surface area contributed by atoms with E-state index in [4.69, 9.17) is 0 Å². The molecule has 1 saturated carbocycles. The average molecular weight is 250 g/mol. The van der Waals surface area contributed by atoms with Crippen LogP contribution in [0.3, 0.4) is 0 Å². The molecule has 1 aliphatic carbocycles. The number of fused-ring (bicyclic) bond motifs is 1. The number of amides is 4. The number of hydrogen-bond donors (Lipinski definition) is 1. The topological polar surface area (TPSA) is 83.6 Å². The zero-order chi connectivity index (χ0) is 12.9. The van der Waals surface area contributed by atoms with Gasteiger partial charge in [-0.1, -0.05) is 6.42 Å². The highest BCUT2D eigenvalue weighted by atomic mass is 16.2. The first-order valence-electron chi connectivity index (χ1n) is 6.30. The lowest BCUT2D eigenvalue weighted by atomic mass is 10.00. The summed E-state index contributed by atoms with van der Waals surface area (Å²) in [5.74, 6) is -1.77. The molecule has 3 fully saturated rings. The number of nitrogens with zero attached hydrogens (tertiary/aromatic N) is 1. The summed E-state index contributed by atoms with van der Waals surface area (Å²) in [5.41, 5.74) is 0. The van der Waals surface area contributed by atoms with Crippen molar-refractivity contribution < 1.29 is 19.2 Å². The average Bonchev–Trinajstić information content (AvgIpc) is 2.87. The van der Waals surface area contributed by atoms with E-state index in [2.05, 4.69) is 5.32 Å². The lowest BCUT2D eigenvalue weighted by molar-refractivity contribution is -0.151. The quantitative estimate of drug-likeness (QED) is 0.640. The smallest absolute Gasteiger partial charge is 0.249 e. The van der Waals surface area contributed by atoms with Gasteiger partial charge in [0.15, 0.2) is 0 Å². The number of likely N-dealkylation sites (tertiary alicyclic amines) is 1. The van der Waals surface area contributed by atoms with Crippen LogP contribution in [-0.4, -0.2) is 34.6 Å². The molecule has 0 unspecified atom stereocenters. The van der Waals surface area contributed by atoms with E-state index in [1.807, 2.05) is 0 Å². The van der Waals surface area contributed by atoms with Gasteiger partial charge in [0.05, 0.1) is 11.8 Å². The summed E-state index contributed by atoms with van der Waals surface area (Å²) in [6.45, 7) is 0. The molecule has 0 aromatic carbocycles. The van der Waals surface area contributed by atoms with Crippen LogP contribution in [0.5, 0.6) is 0 Å². The van der Waals surface area contributed by atoms with Crippen LogP contribution in [0, 0.1) is 11.8 Å². The van der Waals surface area contributed by atoms with E-state index in [1.54, 1.807) is 0 Å². The fourth-order valence-electron chi connectivity index (χ4n) is 3.25. The number of carbonyl (C=O) groups excluding carboxylic acids is 4. The first-order valence-corrected chi connectivity index (χ1v) is 6.30. The van der Waals surface area contributed by atoms with E-state index in [9.17, 15) is 19.2 Å². The molecular weight excluding hydrogens is 236 g/mol. The molecular formula is C12H14N2O4. The van der Waals surface area contributed by atoms with Gasteiger partial charge in [-0.25, -0.2) is 0 Å². The molecule has 3 atom stereocenters. The Bertz CT molecular complexity index is 437. The predicted molar refractivity (Wildman–Crippen MR) is 58.9 cm³/mol. The summed E-state index contributed by atoms with van der Waals surface area (Å²) in [5, 5.41) is 2.19. The van der Waals surface area contributed by atoms with E-state index >= 15 is 0 Å². The highest BCUT2D eigenvalue weighted by Crippen LogP contribution is 2.41. The van der Waals surface area contributed by atoms with Crippen molar-refractivity contribution in [2.24, 2.45) is 11.8 Å². The van der Waals surface area contributed by atoms with Gasteiger partial charge in [-0.15, -0.1) is 0 Å². The molecule has 3 rings (SSSR count). The molecule has 4 amide bonds. The molecule has 2 saturated heterocycles. The minimum absolute atomic E-state index is 0.183. The van der Waals surface area contributed by atoms with Crippen molar-refractivity contribution in [3.8, 4) is 0 Å². The van der Waals surface area contributed by atoms with Gasteiger partial charge in [-0.05, 0) is 19.3 Å². The van der Waals surface area contributed by atoms with Crippen LogP contribution in [-0.2, 0) is 19.2 Å². The van der Waals surface area contributed by atoms with Crippen molar-refractivity contribution >= 4 is 23.6 Å². The summed E-state index contributed by atoms with van der Waals surface area (Å²) in [6, 6.07) is -0.784. The minimum Gasteiger partial charge on any atom is -0.295 e. The standard InChI is InChI=1S/C12H14N2O4/c15-9-5-4-8(10(16)13-9)14-11(17)6-2-1-3-7(6)12(14)18/h6-8H,1-5H2,(H,13,15,16)/t6-,7+,8-/m1/s1. The Morgan fingerprint density at radius 3 is 2.11 bits per heavy atom. The molecule has 2 heterocycles. The van der Waals surface area contributed by atoms with Gasteiger partial charge < -0.3 is 0 Å². The Morgan fingerprint density at radius 2 is 1.56 bits per heavy atom. The summed E-state index contributed by atoms with van der Waals surface area (Å²) in [4.78, 5) is 48.2. The maximum atomic E-state index is 12.2. The number of imide groups is 2. The summed E-state index contributed by atoms with van der Waals surface area (Å²) < 4.78 is 0. The van der Waals surface area contributed by atoms with Crippen LogP contribution in [0.25, 0.3) is 0 Å². The normalized spacial score (nSPS) is 36.0. The van der Waals surface area contributed by atoms with Crippen LogP contribution < -0.4 is 5.32 Å². The van der Waals surface area contributed by atoms with E-state index in [0.717, 1.165) is 24.2 Å². The molecule has 2 aliphatic heterocycles. The molecule has 0 bridgehead atoms. The van der Waals surface area contributed by atoms with Gasteiger partial charge in [-0.3, -0.25) is 29.4 Å². The van der Waals surface area contributed by atoms with Crippen molar-refractivity contribution in [2.75, 3.05) is 0 Å². The molecule has 0 radical (unpaired) electrons. The SMILES string of the molecule is O=C1CC[C@@H](N2C(=O)[C@H]3CCC[C@H]3C2=O)C(=O)N1. The highest BCUT2D eigenvalue weighted by Gasteiger charge is 2.53. The largest absolute Gasteiger partial charge is 0.295 e. The molecule has 0 aromatic heterocycles. The van der Waals surface area contributed by atoms with Gasteiger partial charge in [-0.2, -0.15) is 0 Å². The Balaban J connectivity index is 1.84. The highest BCUT2D eigenvalue weighted by molar-refractivity contribution is 6.10. The second kappa shape index (κ2) is 3.90. The third kappa shape index (κ3) is 1.48. The number of carbonyl (C=O) groups is 4. The van der Waals surface area contributed by atoms with E-state index in [1.165, 1.54) is 0 Å². The number of hydrogen-bond acceptors (Lipinski definition) is 4. The monoisotopic (exact) mass is 250 g/mol. The lowest BCUT2D eigenvalue weighted by Gasteiger charge is -2.28. The first kappa shape index (κ1) is 11.4. The Morgan fingerprint density at radius 1 is 0.944 bits per heavy atom. The van der Waals surface area contributed by atoms with Crippen molar-refractivity contribution in [3.05, 3.63) is 0 Å². The second-order valence-corrected chi connectivity index (χ2v) is 5.16. The molecule has 0 spiro atoms. The van der Waals surface area contributed by atoms with E-state index in [-0.39, 0.29) is 42.4 Å². The lowest BCUT2D eigenvalue weighted by Crippen LogP contribution is -2.54. The Kier molecular flexibility index (Phi) is 2.46. The van der Waals surface area contributed by atoms with Crippen LogP contribution in [0.4, 0.5) is 0 Å². The fourth-order valence-corrected chi connectivity index (χ4v) is 3.25. The zero-order valence-electron chi connectivity index (χ0n) is 9.85. The van der Waals surface area contributed by atoms with Gasteiger partial charge in [0.1, 0.15) is 6.04 Å². The van der Waals surface area contributed by atoms with Crippen molar-refractivity contribution in [2.45, 2.75) is 38.1 Å². The van der Waals surface area contributed by atoms with Gasteiger partial charge in [0, 0.05) is 6.42 Å². The third-order valence-electron chi connectivity index (χ3n) is 4.15. The van der Waals surface area contributed by atoms with Crippen LogP contribution in [0.15, 0.2) is 0 Å². The zero-order valence-corrected chi connectivity index (χ0v) is 9.85. The maximum Gasteiger partial charge on any atom is 0.249 e. The molecule has 6 nitrogen and oxygen atoms in total. The van der Waals surface area contributed by atoms with Crippen LogP contribution in [0.1, 0.15) is 32.1 Å². The summed E-state index contributed by atoms with van der Waals surface area (Å²) in [6.07, 6.45) is 2.80. The van der Waals surface area contributed by atoms with Crippen LogP contribution >= 0.6 is 0 Å². The fraction of sp³-hybridized carbons (Fsp3) is 0.667. The number of piperidine rings is 1. The van der Waals surface area contributed by atoms with Crippen molar-refractivity contribution in [3.63, 3.8) is 0 Å². The number of nitrogens with one attached hydrogen (secondary N) is 1. The predicted octanol–water partition coefficient (Wildman–Crippen LogP) is -0.423. The summed E-state index contributed by atoms with van der Waals surface area (Å²) >= 11 is 0. The van der Waals surface area contributed by atoms with E-state index < -0.39 is 11.9 Å². The Hall–Kier alpha value is -1.72. The molecule has 3 aliphatic rings. The van der Waals surface area contributed by atoms with Gasteiger partial charge in [0.2, 0.25) is 23.6 Å². The Labute approximate surface area is 104 Å². The van der Waals surface area contributed by atoms with Gasteiger partial charge >= 0.3 is 0 Å². The van der Waals surface area contributed by atoms with Gasteiger partial charge in [0.25, 0.3) is 0 Å². The number of rotatable bonds is 1. The second-order valence-electron chi connectivity index (χ2n) is 5.16. The first-order chi connectivity index (χ1) is 8.59. The van der Waals surface area contributed by atoms with Crippen LogP contribution in [0.2, 0.25) is 0 Å². The molecule has 18 heavy (non-hydrogen) atoms. The van der Waals surface area contributed by atoms with Crippen molar-refractivity contribution in [1.29, 1.82) is 0 Å².